The van der Waals surface area contributed by atoms with Gasteiger partial charge in [0.25, 0.3) is 5.56 Å². The summed E-state index contributed by atoms with van der Waals surface area (Å²) in [5.41, 5.74) is 6.42. The summed E-state index contributed by atoms with van der Waals surface area (Å²) in [5.74, 6) is 0. The van der Waals surface area contributed by atoms with Gasteiger partial charge in [-0.15, -0.1) is 0 Å². The smallest absolute Gasteiger partial charge is 0.262 e. The van der Waals surface area contributed by atoms with Crippen LogP contribution in [-0.2, 0) is 11.8 Å². The van der Waals surface area contributed by atoms with E-state index < -0.39 is 0 Å². The van der Waals surface area contributed by atoms with Gasteiger partial charge in [-0.3, -0.25) is 9.36 Å². The molecule has 1 saturated carbocycles. The first-order chi connectivity index (χ1) is 13.2. The van der Waals surface area contributed by atoms with Crippen LogP contribution in [0.5, 0.6) is 0 Å². The number of fused-ring (bicyclic) bond motifs is 4. The van der Waals surface area contributed by atoms with E-state index in [0.717, 1.165) is 47.3 Å². The van der Waals surface area contributed by atoms with Gasteiger partial charge in [-0.25, -0.2) is 4.98 Å². The van der Waals surface area contributed by atoms with Crippen LogP contribution in [0.25, 0.3) is 16.9 Å². The molecule has 5 rings (SSSR count). The van der Waals surface area contributed by atoms with Crippen LogP contribution in [0.1, 0.15) is 48.8 Å². The third-order valence-electron chi connectivity index (χ3n) is 6.49. The molecule has 27 heavy (non-hydrogen) atoms. The van der Waals surface area contributed by atoms with Gasteiger partial charge in [0.1, 0.15) is 6.33 Å². The van der Waals surface area contributed by atoms with Crippen molar-refractivity contribution in [2.24, 2.45) is 0 Å². The van der Waals surface area contributed by atoms with Crippen molar-refractivity contribution in [2.45, 2.75) is 50.9 Å². The van der Waals surface area contributed by atoms with Crippen molar-refractivity contribution in [2.75, 3.05) is 0 Å². The lowest BCUT2D eigenvalue weighted by Crippen LogP contribution is -2.42. The fraction of sp³-hybridized carbons (Fsp3) is 0.333. The first-order valence-corrected chi connectivity index (χ1v) is 9.96. The van der Waals surface area contributed by atoms with Gasteiger partial charge < -0.3 is 0 Å². The number of nitrogens with zero attached hydrogens (tertiary/aromatic N) is 2. The minimum atomic E-state index is -0.0578. The molecule has 2 aromatic carbocycles. The van der Waals surface area contributed by atoms with Crippen molar-refractivity contribution in [3.63, 3.8) is 0 Å². The van der Waals surface area contributed by atoms with E-state index in [1.54, 1.807) is 10.9 Å². The maximum absolute atomic E-state index is 13.8. The van der Waals surface area contributed by atoms with Crippen LogP contribution >= 0.6 is 0 Å². The van der Waals surface area contributed by atoms with E-state index in [0.29, 0.717) is 0 Å². The molecule has 2 aliphatic carbocycles. The Labute approximate surface area is 159 Å². The van der Waals surface area contributed by atoms with E-state index in [1.807, 2.05) is 31.2 Å². The van der Waals surface area contributed by atoms with Gasteiger partial charge in [-0.2, -0.15) is 0 Å². The molecular weight excluding hydrogens is 332 g/mol. The van der Waals surface area contributed by atoms with Gasteiger partial charge >= 0.3 is 0 Å². The lowest BCUT2D eigenvalue weighted by molar-refractivity contribution is 0.284. The summed E-state index contributed by atoms with van der Waals surface area (Å²) in [5, 5.41) is 0. The largest absolute Gasteiger partial charge is 0.269 e. The Morgan fingerprint density at radius 3 is 2.52 bits per heavy atom. The number of para-hydroxylation sites is 1. The monoisotopic (exact) mass is 356 g/mol. The molecule has 1 aromatic heterocycles. The minimum Gasteiger partial charge on any atom is -0.269 e. The van der Waals surface area contributed by atoms with Gasteiger partial charge in [0.15, 0.2) is 0 Å². The van der Waals surface area contributed by atoms with E-state index in [-0.39, 0.29) is 11.0 Å². The van der Waals surface area contributed by atoms with Crippen LogP contribution in [0.3, 0.4) is 0 Å². The van der Waals surface area contributed by atoms with Gasteiger partial charge in [0, 0.05) is 11.0 Å². The molecule has 0 N–H and O–H groups in total. The first-order valence-electron chi connectivity index (χ1n) is 9.96. The molecule has 3 aromatic rings. The van der Waals surface area contributed by atoms with E-state index in [9.17, 15) is 4.79 Å². The fourth-order valence-electron chi connectivity index (χ4n) is 5.16. The molecule has 0 unspecified atom stereocenters. The molecule has 0 saturated heterocycles. The molecule has 1 spiro atoms. The molecule has 0 amide bonds. The Kier molecular flexibility index (Phi) is 3.78. The van der Waals surface area contributed by atoms with Crippen molar-refractivity contribution in [3.05, 3.63) is 81.9 Å². The minimum absolute atomic E-state index is 0.0578. The summed E-state index contributed by atoms with van der Waals surface area (Å²) in [4.78, 5) is 18.6. The molecule has 1 heterocycles. The van der Waals surface area contributed by atoms with Crippen molar-refractivity contribution in [3.8, 4) is 16.9 Å². The zero-order valence-electron chi connectivity index (χ0n) is 15.7. The predicted molar refractivity (Wildman–Crippen MR) is 108 cm³/mol. The normalized spacial score (nSPS) is 17.4. The predicted octanol–water partition coefficient (Wildman–Crippen LogP) is 4.97. The average molecular weight is 356 g/mol. The van der Waals surface area contributed by atoms with Gasteiger partial charge in [0.05, 0.1) is 16.9 Å². The Morgan fingerprint density at radius 1 is 0.963 bits per heavy atom. The van der Waals surface area contributed by atoms with Crippen LogP contribution in [0.2, 0.25) is 0 Å². The second-order valence-electron chi connectivity index (χ2n) is 8.10. The maximum Gasteiger partial charge on any atom is 0.262 e. The standard InChI is InChI=1S/C24H24N2O/c1-17-9-3-6-12-20(17)26-16-25-22-19-11-5-4-10-18(19)15-24(21(22)23(26)27)13-7-2-8-14-24/h3-6,9-12,16H,2,7-8,13-15H2,1H3. The summed E-state index contributed by atoms with van der Waals surface area (Å²) in [6.07, 6.45) is 8.52. The van der Waals surface area contributed by atoms with Crippen molar-refractivity contribution < 1.29 is 0 Å². The molecule has 0 aliphatic heterocycles. The second-order valence-corrected chi connectivity index (χ2v) is 8.10. The number of hydrogen-bond donors (Lipinski definition) is 0. The molecule has 3 heteroatoms. The fourth-order valence-corrected chi connectivity index (χ4v) is 5.16. The summed E-state index contributed by atoms with van der Waals surface area (Å²) < 4.78 is 1.76. The van der Waals surface area contributed by atoms with Crippen LogP contribution in [0.4, 0.5) is 0 Å². The number of aromatic nitrogens is 2. The molecule has 2 aliphatic rings. The number of rotatable bonds is 1. The van der Waals surface area contributed by atoms with Crippen LogP contribution < -0.4 is 5.56 Å². The van der Waals surface area contributed by atoms with Crippen molar-refractivity contribution >= 4 is 0 Å². The lowest BCUT2D eigenvalue weighted by Gasteiger charge is -2.41. The molecular formula is C24H24N2O. The molecule has 0 atom stereocenters. The first kappa shape index (κ1) is 16.5. The number of aryl methyl sites for hydroxylation is 1. The highest BCUT2D eigenvalue weighted by Crippen LogP contribution is 2.48. The Morgan fingerprint density at radius 2 is 1.70 bits per heavy atom. The Bertz CT molecular complexity index is 1070. The highest BCUT2D eigenvalue weighted by Gasteiger charge is 2.42. The van der Waals surface area contributed by atoms with Crippen LogP contribution in [0.15, 0.2) is 59.7 Å². The zero-order valence-corrected chi connectivity index (χ0v) is 15.7. The Balaban J connectivity index is 1.81. The van der Waals surface area contributed by atoms with Crippen LogP contribution in [-0.4, -0.2) is 9.55 Å². The second kappa shape index (κ2) is 6.19. The third-order valence-corrected chi connectivity index (χ3v) is 6.49. The van der Waals surface area contributed by atoms with E-state index in [2.05, 4.69) is 24.3 Å². The van der Waals surface area contributed by atoms with Crippen molar-refractivity contribution in [1.82, 2.24) is 9.55 Å². The molecule has 0 radical (unpaired) electrons. The number of hydrogen-bond acceptors (Lipinski definition) is 2. The van der Waals surface area contributed by atoms with Gasteiger partial charge in [-0.1, -0.05) is 61.7 Å². The van der Waals surface area contributed by atoms with Gasteiger partial charge in [0.2, 0.25) is 0 Å². The van der Waals surface area contributed by atoms with Crippen LogP contribution in [0, 0.1) is 6.92 Å². The van der Waals surface area contributed by atoms with Crippen molar-refractivity contribution in [1.29, 1.82) is 0 Å². The quantitative estimate of drug-likeness (QED) is 0.617. The van der Waals surface area contributed by atoms with E-state index >= 15 is 0 Å². The van der Waals surface area contributed by atoms with Gasteiger partial charge in [-0.05, 0) is 43.4 Å². The Hall–Kier alpha value is -2.68. The summed E-state index contributed by atoms with van der Waals surface area (Å²) in [6.45, 7) is 2.05. The molecule has 3 nitrogen and oxygen atoms in total. The van der Waals surface area contributed by atoms with E-state index in [4.69, 9.17) is 4.98 Å². The highest BCUT2D eigenvalue weighted by molar-refractivity contribution is 5.71. The van der Waals surface area contributed by atoms with E-state index in [1.165, 1.54) is 24.8 Å². The molecule has 0 bridgehead atoms. The zero-order chi connectivity index (χ0) is 18.4. The third kappa shape index (κ3) is 2.48. The summed E-state index contributed by atoms with van der Waals surface area (Å²) in [6, 6.07) is 16.5. The summed E-state index contributed by atoms with van der Waals surface area (Å²) >= 11 is 0. The average Bonchev–Trinajstić information content (AvgIpc) is 2.69. The molecule has 1 fully saturated rings. The topological polar surface area (TPSA) is 34.9 Å². The highest BCUT2D eigenvalue weighted by atomic mass is 16.1. The number of benzene rings is 2. The maximum atomic E-state index is 13.8. The lowest BCUT2D eigenvalue weighted by atomic mass is 9.62. The molecule has 136 valence electrons. The SMILES string of the molecule is Cc1ccccc1-n1cnc2c(c1=O)C1(CCCCC1)Cc1ccccc1-2. The summed E-state index contributed by atoms with van der Waals surface area (Å²) in [7, 11) is 0.